The van der Waals surface area contributed by atoms with Gasteiger partial charge in [0.2, 0.25) is 5.90 Å². The first-order chi connectivity index (χ1) is 9.63. The van der Waals surface area contributed by atoms with Gasteiger partial charge in [-0.15, -0.1) is 0 Å². The molecule has 0 N–H and O–H groups in total. The van der Waals surface area contributed by atoms with Gasteiger partial charge in [0.15, 0.2) is 5.70 Å². The number of halogens is 1. The van der Waals surface area contributed by atoms with Crippen molar-refractivity contribution in [2.45, 2.75) is 6.92 Å². The number of benzene rings is 1. The summed E-state index contributed by atoms with van der Waals surface area (Å²) in [4.78, 5) is 15.7. The highest BCUT2D eigenvalue weighted by Crippen LogP contribution is 2.21. The van der Waals surface area contributed by atoms with Crippen LogP contribution < -0.4 is 0 Å². The van der Waals surface area contributed by atoms with Crippen molar-refractivity contribution < 1.29 is 18.3 Å². The molecule has 2 heterocycles. The fourth-order valence-corrected chi connectivity index (χ4v) is 1.82. The normalized spacial score (nSPS) is 16.4. The third-order valence-electron chi connectivity index (χ3n) is 2.76. The second-order valence-electron chi connectivity index (χ2n) is 4.26. The van der Waals surface area contributed by atoms with E-state index in [2.05, 4.69) is 4.99 Å². The number of hydrogen-bond acceptors (Lipinski definition) is 4. The first-order valence-electron chi connectivity index (χ1n) is 5.97. The summed E-state index contributed by atoms with van der Waals surface area (Å²) in [6, 6.07) is 9.47. The molecule has 5 heteroatoms. The van der Waals surface area contributed by atoms with E-state index < -0.39 is 11.8 Å². The van der Waals surface area contributed by atoms with Crippen LogP contribution in [-0.2, 0) is 9.53 Å². The Labute approximate surface area is 114 Å². The lowest BCUT2D eigenvalue weighted by Crippen LogP contribution is -2.07. The van der Waals surface area contributed by atoms with Crippen LogP contribution in [0.5, 0.6) is 0 Å². The number of esters is 1. The van der Waals surface area contributed by atoms with Crippen molar-refractivity contribution in [2.75, 3.05) is 0 Å². The molecule has 0 aliphatic carbocycles. The molecule has 3 rings (SSSR count). The van der Waals surface area contributed by atoms with Gasteiger partial charge in [-0.25, -0.2) is 14.2 Å². The highest BCUT2D eigenvalue weighted by molar-refractivity contribution is 6.12. The van der Waals surface area contributed by atoms with Crippen LogP contribution >= 0.6 is 0 Å². The van der Waals surface area contributed by atoms with Gasteiger partial charge < -0.3 is 9.15 Å². The van der Waals surface area contributed by atoms with Crippen molar-refractivity contribution in [3.8, 4) is 0 Å². The Morgan fingerprint density at radius 2 is 2.00 bits per heavy atom. The van der Waals surface area contributed by atoms with Crippen LogP contribution in [0.1, 0.15) is 17.1 Å². The first-order valence-corrected chi connectivity index (χ1v) is 5.97. The molecule has 0 fully saturated rings. The van der Waals surface area contributed by atoms with E-state index in [1.54, 1.807) is 31.2 Å². The lowest BCUT2D eigenvalue weighted by Gasteiger charge is -1.99. The summed E-state index contributed by atoms with van der Waals surface area (Å²) < 4.78 is 23.9. The van der Waals surface area contributed by atoms with Gasteiger partial charge in [0.1, 0.15) is 17.3 Å². The van der Waals surface area contributed by atoms with Gasteiger partial charge in [-0.3, -0.25) is 0 Å². The molecule has 1 aliphatic rings. The maximum absolute atomic E-state index is 13.6. The van der Waals surface area contributed by atoms with Crippen LogP contribution in [0.4, 0.5) is 4.39 Å². The van der Waals surface area contributed by atoms with E-state index in [0.717, 1.165) is 5.76 Å². The predicted octanol–water partition coefficient (Wildman–Crippen LogP) is 3.07. The molecule has 0 atom stereocenters. The second-order valence-corrected chi connectivity index (χ2v) is 4.26. The molecule has 2 aromatic rings. The monoisotopic (exact) mass is 271 g/mol. The van der Waals surface area contributed by atoms with Crippen LogP contribution in [0, 0.1) is 12.7 Å². The topological polar surface area (TPSA) is 51.8 Å². The van der Waals surface area contributed by atoms with Crippen LogP contribution in [0.3, 0.4) is 0 Å². The fraction of sp³-hybridized carbons (Fsp3) is 0.0667. The van der Waals surface area contributed by atoms with Crippen molar-refractivity contribution in [1.29, 1.82) is 0 Å². The third kappa shape index (κ3) is 2.25. The summed E-state index contributed by atoms with van der Waals surface area (Å²) in [6.45, 7) is 1.79. The average Bonchev–Trinajstić information content (AvgIpc) is 2.98. The molecule has 0 saturated carbocycles. The van der Waals surface area contributed by atoms with Gasteiger partial charge in [-0.05, 0) is 31.2 Å². The number of cyclic esters (lactones) is 1. The van der Waals surface area contributed by atoms with Gasteiger partial charge >= 0.3 is 5.97 Å². The number of furan rings is 1. The SMILES string of the molecule is Cc1ccc(/C=C2/N=C(c3ccccc3F)OC2=O)o1. The molecule has 0 spiro atoms. The molecule has 20 heavy (non-hydrogen) atoms. The Morgan fingerprint density at radius 3 is 2.70 bits per heavy atom. The quantitative estimate of drug-likeness (QED) is 0.623. The number of nitrogens with zero attached hydrogens (tertiary/aromatic N) is 1. The maximum Gasteiger partial charge on any atom is 0.363 e. The van der Waals surface area contributed by atoms with E-state index in [1.165, 1.54) is 18.2 Å². The van der Waals surface area contributed by atoms with Crippen LogP contribution in [0.25, 0.3) is 6.08 Å². The van der Waals surface area contributed by atoms with E-state index in [4.69, 9.17) is 9.15 Å². The second kappa shape index (κ2) is 4.77. The molecule has 0 bridgehead atoms. The van der Waals surface area contributed by atoms with Gasteiger partial charge in [-0.2, -0.15) is 0 Å². The number of aryl methyl sites for hydroxylation is 1. The third-order valence-corrected chi connectivity index (χ3v) is 2.76. The van der Waals surface area contributed by atoms with Crippen molar-refractivity contribution in [3.05, 3.63) is 65.0 Å². The smallest absolute Gasteiger partial charge is 0.363 e. The summed E-state index contributed by atoms with van der Waals surface area (Å²) in [5, 5.41) is 0. The van der Waals surface area contributed by atoms with E-state index >= 15 is 0 Å². The summed E-state index contributed by atoms with van der Waals surface area (Å²) in [6.07, 6.45) is 1.46. The molecular formula is C15H10FNO3. The molecule has 0 amide bonds. The Hall–Kier alpha value is -2.69. The molecule has 1 aromatic heterocycles. The highest BCUT2D eigenvalue weighted by Gasteiger charge is 2.26. The average molecular weight is 271 g/mol. The molecule has 4 nitrogen and oxygen atoms in total. The fourth-order valence-electron chi connectivity index (χ4n) is 1.82. The molecule has 100 valence electrons. The zero-order valence-corrected chi connectivity index (χ0v) is 10.6. The molecule has 1 aliphatic heterocycles. The van der Waals surface area contributed by atoms with E-state index in [0.29, 0.717) is 5.76 Å². The Balaban J connectivity index is 1.97. The molecular weight excluding hydrogens is 261 g/mol. The van der Waals surface area contributed by atoms with Crippen LogP contribution in [-0.4, -0.2) is 11.9 Å². The predicted molar refractivity (Wildman–Crippen MR) is 70.5 cm³/mol. The number of aliphatic imine (C=N–C) groups is 1. The number of carbonyl (C=O) groups is 1. The minimum absolute atomic E-state index is 0.0392. The minimum Gasteiger partial charge on any atom is -0.462 e. The molecule has 0 saturated heterocycles. The maximum atomic E-state index is 13.6. The van der Waals surface area contributed by atoms with Crippen LogP contribution in [0.15, 0.2) is 51.5 Å². The van der Waals surface area contributed by atoms with Crippen molar-refractivity contribution >= 4 is 17.9 Å². The van der Waals surface area contributed by atoms with Crippen molar-refractivity contribution in [3.63, 3.8) is 0 Å². The van der Waals surface area contributed by atoms with Gasteiger partial charge in [-0.1, -0.05) is 12.1 Å². The highest BCUT2D eigenvalue weighted by atomic mass is 19.1. The molecule has 1 aromatic carbocycles. The number of hydrogen-bond donors (Lipinski definition) is 0. The van der Waals surface area contributed by atoms with E-state index in [1.807, 2.05) is 0 Å². The summed E-state index contributed by atoms with van der Waals surface area (Å²) in [7, 11) is 0. The van der Waals surface area contributed by atoms with Gasteiger partial charge in [0.25, 0.3) is 0 Å². The lowest BCUT2D eigenvalue weighted by molar-refractivity contribution is -0.129. The van der Waals surface area contributed by atoms with Crippen LogP contribution in [0.2, 0.25) is 0 Å². The van der Waals surface area contributed by atoms with Crippen molar-refractivity contribution in [2.24, 2.45) is 4.99 Å². The standard InChI is InChI=1S/C15H10FNO3/c1-9-6-7-10(19-9)8-13-15(18)20-14(17-13)11-4-2-3-5-12(11)16/h2-8H,1H3/b13-8+. The summed E-state index contributed by atoms with van der Waals surface area (Å²) in [5.41, 5.74) is 0.234. The Morgan fingerprint density at radius 1 is 1.20 bits per heavy atom. The zero-order chi connectivity index (χ0) is 14.1. The number of carbonyl (C=O) groups excluding carboxylic acids is 1. The van der Waals surface area contributed by atoms with E-state index in [9.17, 15) is 9.18 Å². The number of ether oxygens (including phenoxy) is 1. The van der Waals surface area contributed by atoms with Gasteiger partial charge in [0, 0.05) is 6.08 Å². The van der Waals surface area contributed by atoms with Crippen molar-refractivity contribution in [1.82, 2.24) is 0 Å². The Kier molecular flexibility index (Phi) is 2.95. The molecule has 0 radical (unpaired) electrons. The van der Waals surface area contributed by atoms with Gasteiger partial charge in [0.05, 0.1) is 5.56 Å². The lowest BCUT2D eigenvalue weighted by atomic mass is 10.2. The Bertz CT molecular complexity index is 743. The molecule has 0 unspecified atom stereocenters. The summed E-state index contributed by atoms with van der Waals surface area (Å²) in [5.74, 6) is 0.0589. The minimum atomic E-state index is -0.627. The largest absolute Gasteiger partial charge is 0.462 e. The zero-order valence-electron chi connectivity index (χ0n) is 10.6. The summed E-state index contributed by atoms with van der Waals surface area (Å²) >= 11 is 0. The number of rotatable bonds is 2. The van der Waals surface area contributed by atoms with E-state index in [-0.39, 0.29) is 17.2 Å². The first kappa shape index (κ1) is 12.3.